The highest BCUT2D eigenvalue weighted by molar-refractivity contribution is 6.04. The molecule has 1 aliphatic rings. The maximum absolute atomic E-state index is 12.6. The Hall–Kier alpha value is -4.71. The number of benzene rings is 1. The Balaban J connectivity index is 1.47. The van der Waals surface area contributed by atoms with E-state index in [0.29, 0.717) is 28.4 Å². The van der Waals surface area contributed by atoms with Crippen LogP contribution in [0.3, 0.4) is 0 Å². The second-order valence-electron chi connectivity index (χ2n) is 8.59. The molecule has 1 saturated carbocycles. The minimum absolute atomic E-state index is 0.0130. The minimum atomic E-state index is -0.281. The molecule has 0 saturated heterocycles. The number of pyridine rings is 1. The van der Waals surface area contributed by atoms with Crippen molar-refractivity contribution >= 4 is 29.0 Å². The van der Waals surface area contributed by atoms with Crippen LogP contribution in [0.5, 0.6) is 0 Å². The van der Waals surface area contributed by atoms with Crippen molar-refractivity contribution < 1.29 is 9.59 Å². The lowest BCUT2D eigenvalue weighted by Crippen LogP contribution is -2.36. The van der Waals surface area contributed by atoms with Crippen LogP contribution >= 0.6 is 0 Å². The molecule has 4 N–H and O–H groups in total. The van der Waals surface area contributed by atoms with E-state index >= 15 is 0 Å². The highest BCUT2D eigenvalue weighted by atomic mass is 16.2. The molecule has 5 rings (SSSR count). The lowest BCUT2D eigenvalue weighted by molar-refractivity contribution is -0.116. The molecule has 0 spiro atoms. The molecular formula is C27H25N7O2. The number of rotatable bonds is 5. The van der Waals surface area contributed by atoms with E-state index in [0.717, 1.165) is 30.7 Å². The quantitative estimate of drug-likeness (QED) is 0.377. The summed E-state index contributed by atoms with van der Waals surface area (Å²) in [5.41, 5.74) is 8.97. The number of imidazole rings is 1. The number of hydrogen-bond donors (Lipinski definition) is 3. The normalized spacial score (nSPS) is 16.8. The Morgan fingerprint density at radius 1 is 1.08 bits per heavy atom. The number of carbonyl (C=O) groups is 2. The maximum atomic E-state index is 12.6. The van der Waals surface area contributed by atoms with Crippen molar-refractivity contribution in [1.29, 1.82) is 0 Å². The topological polar surface area (TPSA) is 127 Å². The molecule has 180 valence electrons. The van der Waals surface area contributed by atoms with Crippen LogP contribution < -0.4 is 16.4 Å². The van der Waals surface area contributed by atoms with Crippen LogP contribution in [0.1, 0.15) is 48.3 Å². The Kier molecular flexibility index (Phi) is 6.33. The summed E-state index contributed by atoms with van der Waals surface area (Å²) in [6.45, 7) is 1.64. The third-order valence-corrected chi connectivity index (χ3v) is 6.34. The van der Waals surface area contributed by atoms with Gasteiger partial charge in [-0.2, -0.15) is 0 Å². The maximum Gasteiger partial charge on any atom is 0.296 e. The Morgan fingerprint density at radius 2 is 1.92 bits per heavy atom. The zero-order valence-corrected chi connectivity index (χ0v) is 19.7. The number of nitrogens with one attached hydrogen (secondary N) is 2. The van der Waals surface area contributed by atoms with Gasteiger partial charge in [0.1, 0.15) is 28.7 Å². The van der Waals surface area contributed by atoms with Gasteiger partial charge in [0.05, 0.1) is 0 Å². The number of amides is 2. The first-order valence-corrected chi connectivity index (χ1v) is 11.7. The largest absolute Gasteiger partial charge is 0.382 e. The van der Waals surface area contributed by atoms with Crippen molar-refractivity contribution in [2.75, 3.05) is 11.1 Å². The predicted molar refractivity (Wildman–Crippen MR) is 137 cm³/mol. The van der Waals surface area contributed by atoms with Crippen LogP contribution in [0.2, 0.25) is 0 Å². The molecule has 2 atom stereocenters. The number of nitrogens with two attached hydrogens (primary N) is 1. The number of carbonyl (C=O) groups excluding carboxylic acids is 2. The fraction of sp³-hybridized carbons (Fsp3) is 0.222. The van der Waals surface area contributed by atoms with Crippen molar-refractivity contribution in [1.82, 2.24) is 24.7 Å². The molecule has 0 aliphatic heterocycles. The van der Waals surface area contributed by atoms with Gasteiger partial charge in [0.15, 0.2) is 0 Å². The number of anilines is 2. The number of aromatic nitrogens is 4. The van der Waals surface area contributed by atoms with Crippen LogP contribution in [0.15, 0.2) is 61.1 Å². The average Bonchev–Trinajstić information content (AvgIpc) is 3.50. The lowest BCUT2D eigenvalue weighted by atomic mass is 10.0. The van der Waals surface area contributed by atoms with Crippen molar-refractivity contribution in [3.63, 3.8) is 0 Å². The van der Waals surface area contributed by atoms with Gasteiger partial charge in [0, 0.05) is 41.7 Å². The molecule has 3 heterocycles. The van der Waals surface area contributed by atoms with Crippen LogP contribution in [0, 0.1) is 11.8 Å². The van der Waals surface area contributed by atoms with Crippen molar-refractivity contribution in [3.8, 4) is 23.1 Å². The van der Waals surface area contributed by atoms with Crippen LogP contribution in [-0.4, -0.2) is 37.2 Å². The number of fused-ring (bicyclic) bond motifs is 1. The fourth-order valence-electron chi connectivity index (χ4n) is 4.71. The van der Waals surface area contributed by atoms with Crippen LogP contribution in [0.25, 0.3) is 16.8 Å². The van der Waals surface area contributed by atoms with E-state index in [2.05, 4.69) is 32.4 Å². The second kappa shape index (κ2) is 9.88. The third-order valence-electron chi connectivity index (χ3n) is 6.34. The molecule has 1 aromatic carbocycles. The van der Waals surface area contributed by atoms with Crippen molar-refractivity contribution in [2.24, 2.45) is 0 Å². The average molecular weight is 480 g/mol. The van der Waals surface area contributed by atoms with E-state index in [1.807, 2.05) is 28.8 Å². The summed E-state index contributed by atoms with van der Waals surface area (Å²) in [7, 11) is 0. The lowest BCUT2D eigenvalue weighted by Gasteiger charge is -2.19. The Labute approximate surface area is 208 Å². The van der Waals surface area contributed by atoms with Gasteiger partial charge in [-0.1, -0.05) is 30.5 Å². The predicted octanol–water partition coefficient (Wildman–Crippen LogP) is 3.40. The van der Waals surface area contributed by atoms with Crippen molar-refractivity contribution in [2.45, 2.75) is 38.1 Å². The fourth-order valence-corrected chi connectivity index (χ4v) is 4.71. The van der Waals surface area contributed by atoms with E-state index in [4.69, 9.17) is 10.7 Å². The van der Waals surface area contributed by atoms with Crippen LogP contribution in [0.4, 0.5) is 11.6 Å². The standard InChI is InChI=1S/C27H25N7O2/c1-2-6-22(35)31-20-8-5-7-19(20)26-33-23(24-25(28)30-15-16-34(24)26)17-10-12-18(13-11-17)27(36)32-21-9-3-4-14-29-21/h3-4,9-16,19-20H,5,7-8H2,1H3,(H2,28,30)(H,31,35)(H,29,32,36)/t19-,20?/m0/s1. The zero-order chi connectivity index (χ0) is 25.1. The molecule has 9 heteroatoms. The van der Waals surface area contributed by atoms with E-state index in [-0.39, 0.29) is 23.8 Å². The smallest absolute Gasteiger partial charge is 0.296 e. The highest BCUT2D eigenvalue weighted by Crippen LogP contribution is 2.38. The van der Waals surface area contributed by atoms with Gasteiger partial charge in [-0.15, -0.1) is 0 Å². The van der Waals surface area contributed by atoms with Gasteiger partial charge >= 0.3 is 0 Å². The zero-order valence-electron chi connectivity index (χ0n) is 19.7. The first-order valence-electron chi connectivity index (χ1n) is 11.7. The minimum Gasteiger partial charge on any atom is -0.382 e. The summed E-state index contributed by atoms with van der Waals surface area (Å²) in [6, 6.07) is 12.4. The first kappa shape index (κ1) is 23.1. The second-order valence-corrected chi connectivity index (χ2v) is 8.59. The van der Waals surface area contributed by atoms with Gasteiger partial charge in [0.2, 0.25) is 0 Å². The Bertz CT molecular complexity index is 1480. The number of hydrogen-bond acceptors (Lipinski definition) is 6. The molecule has 0 bridgehead atoms. The Morgan fingerprint density at radius 3 is 2.67 bits per heavy atom. The summed E-state index contributed by atoms with van der Waals surface area (Å²) in [5, 5.41) is 5.82. The SMILES string of the molecule is CC#CC(=O)NC1CCC[C@@H]1c1nc(-c2ccc(C(=O)Nc3ccccn3)cc2)c2c(N)nccn12. The number of nitrogens with zero attached hydrogens (tertiary/aromatic N) is 4. The van der Waals surface area contributed by atoms with Gasteiger partial charge in [-0.25, -0.2) is 15.0 Å². The molecule has 1 fully saturated rings. The molecule has 1 unspecified atom stereocenters. The summed E-state index contributed by atoms with van der Waals surface area (Å²) in [6.07, 6.45) is 7.82. The third kappa shape index (κ3) is 4.49. The number of nitrogen functional groups attached to an aromatic ring is 1. The monoisotopic (exact) mass is 479 g/mol. The van der Waals surface area contributed by atoms with E-state index in [1.165, 1.54) is 0 Å². The van der Waals surface area contributed by atoms with E-state index in [1.54, 1.807) is 43.6 Å². The summed E-state index contributed by atoms with van der Waals surface area (Å²) < 4.78 is 1.96. The molecule has 9 nitrogen and oxygen atoms in total. The van der Waals surface area contributed by atoms with E-state index in [9.17, 15) is 9.59 Å². The summed E-state index contributed by atoms with van der Waals surface area (Å²) >= 11 is 0. The molecule has 3 aromatic heterocycles. The summed E-state index contributed by atoms with van der Waals surface area (Å²) in [5.74, 6) is 6.34. The van der Waals surface area contributed by atoms with E-state index < -0.39 is 0 Å². The highest BCUT2D eigenvalue weighted by Gasteiger charge is 2.34. The van der Waals surface area contributed by atoms with Crippen LogP contribution in [-0.2, 0) is 4.79 Å². The summed E-state index contributed by atoms with van der Waals surface area (Å²) in [4.78, 5) is 38.2. The van der Waals surface area contributed by atoms with Gasteiger partial charge < -0.3 is 16.4 Å². The molecular weight excluding hydrogens is 454 g/mol. The molecule has 1 aliphatic carbocycles. The van der Waals surface area contributed by atoms with Crippen molar-refractivity contribution in [3.05, 3.63) is 72.4 Å². The first-order chi connectivity index (χ1) is 17.5. The van der Waals surface area contributed by atoms with Gasteiger partial charge in [-0.3, -0.25) is 14.0 Å². The molecule has 4 aromatic rings. The molecule has 2 amide bonds. The van der Waals surface area contributed by atoms with Gasteiger partial charge in [-0.05, 0) is 50.0 Å². The molecule has 36 heavy (non-hydrogen) atoms. The molecule has 0 radical (unpaired) electrons. The van der Waals surface area contributed by atoms with Gasteiger partial charge in [0.25, 0.3) is 11.8 Å².